The molecule has 0 aliphatic heterocycles. The summed E-state index contributed by atoms with van der Waals surface area (Å²) in [5.41, 5.74) is 1.02. The summed E-state index contributed by atoms with van der Waals surface area (Å²) in [7, 11) is 1.96. The van der Waals surface area contributed by atoms with Crippen LogP contribution in [0.25, 0.3) is 6.08 Å². The largest absolute Gasteiger partial charge is 0.456 e. The van der Waals surface area contributed by atoms with Gasteiger partial charge in [-0.3, -0.25) is 4.98 Å². The van der Waals surface area contributed by atoms with Gasteiger partial charge in [0.1, 0.15) is 11.5 Å². The number of pyridine rings is 1. The number of aromatic nitrogens is 1. The third kappa shape index (κ3) is 5.21. The Balaban J connectivity index is 2.02. The standard InChI is InChI=1S/C17H19ClN2O/c1-13(19-2)4-3-5-14-10-17(12-20-11-14)21-16-8-6-15(18)7-9-16/h3,5-13,19H,4H2,1-2H3. The fourth-order valence-electron chi connectivity index (χ4n) is 1.75. The van der Waals surface area contributed by atoms with E-state index in [-0.39, 0.29) is 0 Å². The minimum absolute atomic E-state index is 0.461. The maximum absolute atomic E-state index is 5.85. The molecule has 1 N–H and O–H groups in total. The molecule has 2 aromatic rings. The minimum atomic E-state index is 0.461. The summed E-state index contributed by atoms with van der Waals surface area (Å²) in [5.74, 6) is 1.45. The summed E-state index contributed by atoms with van der Waals surface area (Å²) in [6.45, 7) is 2.14. The monoisotopic (exact) mass is 302 g/mol. The third-order valence-electron chi connectivity index (χ3n) is 3.08. The lowest BCUT2D eigenvalue weighted by molar-refractivity contribution is 0.480. The van der Waals surface area contributed by atoms with Gasteiger partial charge >= 0.3 is 0 Å². The van der Waals surface area contributed by atoms with Crippen molar-refractivity contribution >= 4 is 17.7 Å². The van der Waals surface area contributed by atoms with Crippen LogP contribution in [0.4, 0.5) is 0 Å². The smallest absolute Gasteiger partial charge is 0.146 e. The van der Waals surface area contributed by atoms with Gasteiger partial charge < -0.3 is 10.1 Å². The first-order valence-corrected chi connectivity index (χ1v) is 7.27. The molecule has 0 radical (unpaired) electrons. The molecule has 0 fully saturated rings. The van der Waals surface area contributed by atoms with Crippen LogP contribution in [0, 0.1) is 0 Å². The Morgan fingerprint density at radius 1 is 1.24 bits per heavy atom. The van der Waals surface area contributed by atoms with Gasteiger partial charge in [-0.15, -0.1) is 0 Å². The molecule has 1 atom stereocenters. The lowest BCUT2D eigenvalue weighted by atomic mass is 10.2. The van der Waals surface area contributed by atoms with Crippen molar-refractivity contribution in [3.8, 4) is 11.5 Å². The lowest BCUT2D eigenvalue weighted by Crippen LogP contribution is -2.19. The van der Waals surface area contributed by atoms with E-state index in [1.165, 1.54) is 0 Å². The summed E-state index contributed by atoms with van der Waals surface area (Å²) in [5, 5.41) is 3.89. The third-order valence-corrected chi connectivity index (χ3v) is 3.33. The number of hydrogen-bond acceptors (Lipinski definition) is 3. The molecule has 1 unspecified atom stereocenters. The Hall–Kier alpha value is -1.84. The highest BCUT2D eigenvalue weighted by molar-refractivity contribution is 6.30. The van der Waals surface area contributed by atoms with Crippen molar-refractivity contribution in [2.24, 2.45) is 0 Å². The molecule has 0 aliphatic rings. The maximum Gasteiger partial charge on any atom is 0.146 e. The summed E-state index contributed by atoms with van der Waals surface area (Å²) < 4.78 is 5.76. The molecule has 21 heavy (non-hydrogen) atoms. The quantitative estimate of drug-likeness (QED) is 0.850. The minimum Gasteiger partial charge on any atom is -0.456 e. The molecule has 0 amide bonds. The summed E-state index contributed by atoms with van der Waals surface area (Å²) in [4.78, 5) is 4.20. The van der Waals surface area contributed by atoms with Crippen LogP contribution < -0.4 is 10.1 Å². The van der Waals surface area contributed by atoms with Gasteiger partial charge in [-0.1, -0.05) is 23.8 Å². The van der Waals surface area contributed by atoms with E-state index in [0.717, 1.165) is 17.7 Å². The summed E-state index contributed by atoms with van der Waals surface area (Å²) >= 11 is 5.85. The average molecular weight is 303 g/mol. The zero-order valence-corrected chi connectivity index (χ0v) is 13.0. The first-order chi connectivity index (χ1) is 10.2. The van der Waals surface area contributed by atoms with Gasteiger partial charge in [0, 0.05) is 17.3 Å². The first kappa shape index (κ1) is 15.5. The molecule has 0 bridgehead atoms. The van der Waals surface area contributed by atoms with Crippen molar-refractivity contribution < 1.29 is 4.74 Å². The summed E-state index contributed by atoms with van der Waals surface area (Å²) in [6.07, 6.45) is 8.66. The Morgan fingerprint density at radius 2 is 2.00 bits per heavy atom. The van der Waals surface area contributed by atoms with E-state index < -0.39 is 0 Å². The van der Waals surface area contributed by atoms with E-state index in [4.69, 9.17) is 16.3 Å². The van der Waals surface area contributed by atoms with E-state index in [0.29, 0.717) is 16.8 Å². The molecule has 1 aromatic heterocycles. The zero-order chi connectivity index (χ0) is 15.1. The van der Waals surface area contributed by atoms with Crippen molar-refractivity contribution in [3.63, 3.8) is 0 Å². The molecule has 3 nitrogen and oxygen atoms in total. The van der Waals surface area contributed by atoms with Crippen LogP contribution in [0.3, 0.4) is 0 Å². The second kappa shape index (κ2) is 7.81. The molecule has 4 heteroatoms. The highest BCUT2D eigenvalue weighted by atomic mass is 35.5. The normalized spacial score (nSPS) is 12.5. The second-order valence-electron chi connectivity index (χ2n) is 4.84. The van der Waals surface area contributed by atoms with Crippen molar-refractivity contribution in [1.29, 1.82) is 0 Å². The van der Waals surface area contributed by atoms with Crippen LogP contribution in [-0.2, 0) is 0 Å². The Morgan fingerprint density at radius 3 is 2.71 bits per heavy atom. The van der Waals surface area contributed by atoms with Crippen LogP contribution in [0.5, 0.6) is 11.5 Å². The van der Waals surface area contributed by atoms with Gasteiger partial charge in [-0.05, 0) is 56.3 Å². The van der Waals surface area contributed by atoms with E-state index in [9.17, 15) is 0 Å². The maximum atomic E-state index is 5.85. The lowest BCUT2D eigenvalue weighted by Gasteiger charge is -2.06. The van der Waals surface area contributed by atoms with E-state index in [1.807, 2.05) is 31.4 Å². The molecule has 2 rings (SSSR count). The number of benzene rings is 1. The second-order valence-corrected chi connectivity index (χ2v) is 5.27. The molecular formula is C17H19ClN2O. The summed E-state index contributed by atoms with van der Waals surface area (Å²) in [6, 6.07) is 9.68. The predicted molar refractivity (Wildman–Crippen MR) is 87.9 cm³/mol. The topological polar surface area (TPSA) is 34.2 Å². The first-order valence-electron chi connectivity index (χ1n) is 6.89. The zero-order valence-electron chi connectivity index (χ0n) is 12.2. The fraction of sp³-hybridized carbons (Fsp3) is 0.235. The average Bonchev–Trinajstić information content (AvgIpc) is 2.50. The van der Waals surface area contributed by atoms with Crippen LogP contribution >= 0.6 is 11.6 Å². The Kier molecular flexibility index (Phi) is 5.78. The molecule has 1 aromatic carbocycles. The highest BCUT2D eigenvalue weighted by Crippen LogP contribution is 2.23. The van der Waals surface area contributed by atoms with Gasteiger partial charge in [0.15, 0.2) is 0 Å². The number of halogens is 1. The van der Waals surface area contributed by atoms with E-state index >= 15 is 0 Å². The SMILES string of the molecule is CNC(C)CC=Cc1cncc(Oc2ccc(Cl)cc2)c1. The van der Waals surface area contributed by atoms with Crippen LogP contribution in [0.2, 0.25) is 5.02 Å². The molecule has 0 saturated carbocycles. The van der Waals surface area contributed by atoms with Gasteiger partial charge in [-0.25, -0.2) is 0 Å². The van der Waals surface area contributed by atoms with Crippen molar-refractivity contribution in [1.82, 2.24) is 10.3 Å². The number of nitrogens with one attached hydrogen (secondary N) is 1. The van der Waals surface area contributed by atoms with E-state index in [1.54, 1.807) is 18.3 Å². The molecule has 0 spiro atoms. The van der Waals surface area contributed by atoms with Gasteiger partial charge in [0.25, 0.3) is 0 Å². The highest BCUT2D eigenvalue weighted by Gasteiger charge is 1.99. The van der Waals surface area contributed by atoms with Crippen molar-refractivity contribution in [3.05, 3.63) is 59.4 Å². The number of hydrogen-bond donors (Lipinski definition) is 1. The molecule has 0 aliphatic carbocycles. The van der Waals surface area contributed by atoms with Gasteiger partial charge in [-0.2, -0.15) is 0 Å². The molecule has 1 heterocycles. The van der Waals surface area contributed by atoms with Crippen LogP contribution in [0.1, 0.15) is 18.9 Å². The van der Waals surface area contributed by atoms with Crippen LogP contribution in [0.15, 0.2) is 48.8 Å². The number of nitrogens with zero attached hydrogens (tertiary/aromatic N) is 1. The predicted octanol–water partition coefficient (Wildman–Crippen LogP) is 4.54. The number of rotatable bonds is 6. The van der Waals surface area contributed by atoms with E-state index in [2.05, 4.69) is 29.4 Å². The molecular weight excluding hydrogens is 284 g/mol. The Bertz CT molecular complexity index is 596. The molecule has 0 saturated heterocycles. The van der Waals surface area contributed by atoms with Gasteiger partial charge in [0.2, 0.25) is 0 Å². The number of ether oxygens (including phenoxy) is 1. The van der Waals surface area contributed by atoms with Crippen molar-refractivity contribution in [2.75, 3.05) is 7.05 Å². The Labute approximate surface area is 130 Å². The fourth-order valence-corrected chi connectivity index (χ4v) is 1.87. The molecule has 110 valence electrons. The van der Waals surface area contributed by atoms with Gasteiger partial charge in [0.05, 0.1) is 6.20 Å². The van der Waals surface area contributed by atoms with Crippen molar-refractivity contribution in [2.45, 2.75) is 19.4 Å². The van der Waals surface area contributed by atoms with Crippen LogP contribution in [-0.4, -0.2) is 18.1 Å².